The maximum atomic E-state index is 13.0. The molecule has 29 heavy (non-hydrogen) atoms. The monoisotopic (exact) mass is 417 g/mol. The van der Waals surface area contributed by atoms with Crippen LogP contribution in [0.15, 0.2) is 29.2 Å². The van der Waals surface area contributed by atoms with E-state index in [9.17, 15) is 14.4 Å². The van der Waals surface area contributed by atoms with Gasteiger partial charge in [0, 0.05) is 10.6 Å². The Labute approximate surface area is 177 Å². The Morgan fingerprint density at radius 3 is 2.41 bits per heavy atom. The SMILES string of the molecule is CCC(C)(C)C1CCC2(CC1)NC(=O)N(CC(=O)Nc1ccc(SC)cc1)C2=O. The van der Waals surface area contributed by atoms with Gasteiger partial charge in [0.05, 0.1) is 0 Å². The van der Waals surface area contributed by atoms with Gasteiger partial charge in [0.25, 0.3) is 5.91 Å². The Morgan fingerprint density at radius 2 is 1.86 bits per heavy atom. The summed E-state index contributed by atoms with van der Waals surface area (Å²) in [6, 6.07) is 7.00. The van der Waals surface area contributed by atoms with Crippen molar-refractivity contribution >= 4 is 35.3 Å². The molecule has 2 fully saturated rings. The van der Waals surface area contributed by atoms with Crippen molar-refractivity contribution in [2.45, 2.75) is 63.3 Å². The number of hydrogen-bond donors (Lipinski definition) is 2. The van der Waals surface area contributed by atoms with Gasteiger partial charge in [-0.3, -0.25) is 14.5 Å². The van der Waals surface area contributed by atoms with E-state index in [1.165, 1.54) is 0 Å². The Morgan fingerprint density at radius 1 is 1.24 bits per heavy atom. The summed E-state index contributed by atoms with van der Waals surface area (Å²) in [5, 5.41) is 5.66. The second-order valence-electron chi connectivity index (χ2n) is 8.80. The fourth-order valence-corrected chi connectivity index (χ4v) is 4.77. The van der Waals surface area contributed by atoms with Crippen LogP contribution in [-0.2, 0) is 9.59 Å². The van der Waals surface area contributed by atoms with Crippen LogP contribution in [0.5, 0.6) is 0 Å². The van der Waals surface area contributed by atoms with E-state index in [1.54, 1.807) is 11.8 Å². The van der Waals surface area contributed by atoms with Crippen molar-refractivity contribution in [3.63, 3.8) is 0 Å². The van der Waals surface area contributed by atoms with Crippen LogP contribution >= 0.6 is 11.8 Å². The molecule has 0 aromatic heterocycles. The molecular weight excluding hydrogens is 386 g/mol. The van der Waals surface area contributed by atoms with Gasteiger partial charge in [-0.05, 0) is 67.5 Å². The summed E-state index contributed by atoms with van der Waals surface area (Å²) < 4.78 is 0. The van der Waals surface area contributed by atoms with E-state index in [1.807, 2.05) is 30.5 Å². The van der Waals surface area contributed by atoms with Gasteiger partial charge in [0.2, 0.25) is 5.91 Å². The third-order valence-corrected chi connectivity index (χ3v) is 7.52. The number of amides is 4. The molecule has 1 spiro atoms. The average Bonchev–Trinajstić information content (AvgIpc) is 2.93. The van der Waals surface area contributed by atoms with E-state index in [2.05, 4.69) is 31.4 Å². The topological polar surface area (TPSA) is 78.5 Å². The molecule has 2 aliphatic rings. The quantitative estimate of drug-likeness (QED) is 0.535. The summed E-state index contributed by atoms with van der Waals surface area (Å²) >= 11 is 1.62. The normalized spacial score (nSPS) is 24.7. The van der Waals surface area contributed by atoms with Gasteiger partial charge < -0.3 is 10.6 Å². The number of urea groups is 1. The third kappa shape index (κ3) is 4.44. The molecule has 1 saturated heterocycles. The van der Waals surface area contributed by atoms with E-state index >= 15 is 0 Å². The fourth-order valence-electron chi connectivity index (χ4n) is 4.36. The van der Waals surface area contributed by atoms with Crippen LogP contribution in [0, 0.1) is 11.3 Å². The van der Waals surface area contributed by atoms with Gasteiger partial charge >= 0.3 is 6.03 Å². The second-order valence-corrected chi connectivity index (χ2v) is 9.68. The van der Waals surface area contributed by atoms with Crippen molar-refractivity contribution < 1.29 is 14.4 Å². The van der Waals surface area contributed by atoms with Crippen molar-refractivity contribution in [1.82, 2.24) is 10.2 Å². The molecule has 0 bridgehead atoms. The highest BCUT2D eigenvalue weighted by molar-refractivity contribution is 7.98. The molecule has 1 aliphatic carbocycles. The number of hydrogen-bond acceptors (Lipinski definition) is 4. The second kappa shape index (κ2) is 8.38. The molecule has 1 aromatic carbocycles. The summed E-state index contributed by atoms with van der Waals surface area (Å²) in [4.78, 5) is 40.1. The molecule has 1 saturated carbocycles. The van der Waals surface area contributed by atoms with Crippen LogP contribution in [0.3, 0.4) is 0 Å². The van der Waals surface area contributed by atoms with E-state index in [0.29, 0.717) is 24.4 Å². The smallest absolute Gasteiger partial charge is 0.325 e. The van der Waals surface area contributed by atoms with Gasteiger partial charge in [-0.2, -0.15) is 0 Å². The number of imide groups is 1. The van der Waals surface area contributed by atoms with Gasteiger partial charge in [0.1, 0.15) is 12.1 Å². The molecule has 0 unspecified atom stereocenters. The first kappa shape index (κ1) is 21.7. The molecule has 3 rings (SSSR count). The Bertz CT molecular complexity index is 783. The Balaban J connectivity index is 1.61. The number of rotatable bonds is 6. The largest absolute Gasteiger partial charge is 0.325 e. The maximum absolute atomic E-state index is 13.0. The highest BCUT2D eigenvalue weighted by atomic mass is 32.2. The van der Waals surface area contributed by atoms with E-state index in [0.717, 1.165) is 29.1 Å². The molecule has 1 aromatic rings. The zero-order valence-electron chi connectivity index (χ0n) is 17.7. The lowest BCUT2D eigenvalue weighted by Crippen LogP contribution is -2.51. The number of thioether (sulfide) groups is 1. The first-order valence-corrected chi connectivity index (χ1v) is 11.5. The van der Waals surface area contributed by atoms with Gasteiger partial charge in [-0.1, -0.05) is 27.2 Å². The van der Waals surface area contributed by atoms with Crippen molar-refractivity contribution in [1.29, 1.82) is 0 Å². The lowest BCUT2D eigenvalue weighted by atomic mass is 9.65. The zero-order valence-corrected chi connectivity index (χ0v) is 18.5. The Kier molecular flexibility index (Phi) is 6.27. The minimum atomic E-state index is -0.836. The highest BCUT2D eigenvalue weighted by Crippen LogP contribution is 2.45. The lowest BCUT2D eigenvalue weighted by Gasteiger charge is -2.42. The molecule has 0 atom stereocenters. The van der Waals surface area contributed by atoms with Crippen molar-refractivity contribution in [3.05, 3.63) is 24.3 Å². The van der Waals surface area contributed by atoms with Crippen molar-refractivity contribution in [2.75, 3.05) is 18.1 Å². The van der Waals surface area contributed by atoms with Crippen molar-refractivity contribution in [2.24, 2.45) is 11.3 Å². The van der Waals surface area contributed by atoms with Gasteiger partial charge in [-0.15, -0.1) is 11.8 Å². The summed E-state index contributed by atoms with van der Waals surface area (Å²) in [6.45, 7) is 6.47. The van der Waals surface area contributed by atoms with Gasteiger partial charge in [-0.25, -0.2) is 4.79 Å². The molecule has 7 heteroatoms. The Hall–Kier alpha value is -2.02. The first-order chi connectivity index (χ1) is 13.7. The number of nitrogens with zero attached hydrogens (tertiary/aromatic N) is 1. The predicted octanol–water partition coefficient (Wildman–Crippen LogP) is 4.26. The summed E-state index contributed by atoms with van der Waals surface area (Å²) in [5.41, 5.74) is 0.0490. The highest BCUT2D eigenvalue weighted by Gasteiger charge is 2.53. The van der Waals surface area contributed by atoms with Crippen LogP contribution in [0.1, 0.15) is 52.9 Å². The van der Waals surface area contributed by atoms with E-state index < -0.39 is 11.6 Å². The molecule has 2 N–H and O–H groups in total. The minimum absolute atomic E-state index is 0.235. The summed E-state index contributed by atoms with van der Waals surface area (Å²) in [5.74, 6) is -0.0872. The number of nitrogens with one attached hydrogen (secondary N) is 2. The fraction of sp³-hybridized carbons (Fsp3) is 0.591. The molecule has 1 aliphatic heterocycles. The number of carbonyl (C=O) groups is 3. The molecule has 1 heterocycles. The lowest BCUT2D eigenvalue weighted by molar-refractivity contribution is -0.135. The van der Waals surface area contributed by atoms with E-state index in [-0.39, 0.29) is 23.8 Å². The minimum Gasteiger partial charge on any atom is -0.325 e. The average molecular weight is 418 g/mol. The molecular formula is C22H31N3O3S. The number of carbonyl (C=O) groups excluding carboxylic acids is 3. The van der Waals surface area contributed by atoms with Crippen LogP contribution in [-0.4, -0.2) is 41.1 Å². The summed E-state index contributed by atoms with van der Waals surface area (Å²) in [6.07, 6.45) is 6.18. The predicted molar refractivity (Wildman–Crippen MR) is 116 cm³/mol. The standard InChI is InChI=1S/C22H31N3O3S/c1-5-21(2,3)15-10-12-22(13-11-15)19(27)25(20(28)24-22)14-18(26)23-16-6-8-17(29-4)9-7-16/h6-9,15H,5,10-14H2,1-4H3,(H,23,26)(H,24,28). The number of benzene rings is 1. The van der Waals surface area contributed by atoms with E-state index in [4.69, 9.17) is 0 Å². The van der Waals surface area contributed by atoms with Gasteiger partial charge in [0.15, 0.2) is 0 Å². The number of anilines is 1. The van der Waals surface area contributed by atoms with Crippen LogP contribution in [0.25, 0.3) is 0 Å². The molecule has 158 valence electrons. The molecule has 0 radical (unpaired) electrons. The van der Waals surface area contributed by atoms with Crippen LogP contribution < -0.4 is 10.6 Å². The van der Waals surface area contributed by atoms with Crippen LogP contribution in [0.2, 0.25) is 0 Å². The molecule has 6 nitrogen and oxygen atoms in total. The maximum Gasteiger partial charge on any atom is 0.325 e. The molecule has 4 amide bonds. The first-order valence-electron chi connectivity index (χ1n) is 10.3. The van der Waals surface area contributed by atoms with Crippen molar-refractivity contribution in [3.8, 4) is 0 Å². The zero-order chi connectivity index (χ0) is 21.2. The third-order valence-electron chi connectivity index (χ3n) is 6.78. The summed E-state index contributed by atoms with van der Waals surface area (Å²) in [7, 11) is 0. The van der Waals surface area contributed by atoms with Crippen LogP contribution in [0.4, 0.5) is 10.5 Å².